The molecule has 0 atom stereocenters. The van der Waals surface area contributed by atoms with E-state index >= 15 is 0 Å². The fourth-order valence-corrected chi connectivity index (χ4v) is 4.06. The minimum atomic E-state index is -1.50. The molecule has 0 saturated carbocycles. The van der Waals surface area contributed by atoms with Gasteiger partial charge in [0.2, 0.25) is 0 Å². The number of amides is 2. The minimum absolute atomic E-state index is 0.0179. The van der Waals surface area contributed by atoms with Gasteiger partial charge in [-0.3, -0.25) is 9.59 Å². The predicted molar refractivity (Wildman–Crippen MR) is 157 cm³/mol. The van der Waals surface area contributed by atoms with E-state index in [9.17, 15) is 29.4 Å². The second-order valence-corrected chi connectivity index (χ2v) is 8.16. The molecule has 8 heteroatoms. The Bertz CT molecular complexity index is 1850. The Hall–Kier alpha value is -7.10. The van der Waals surface area contributed by atoms with Crippen LogP contribution in [0.3, 0.4) is 0 Å². The van der Waals surface area contributed by atoms with Crippen LogP contribution in [0.2, 0.25) is 0 Å². The van der Waals surface area contributed by atoms with Crippen LogP contribution in [0.1, 0.15) is 74.8 Å². The molecule has 0 heterocycles. The third kappa shape index (κ3) is 5.38. The average Bonchev–Trinajstić information content (AvgIpc) is 2.98. The van der Waals surface area contributed by atoms with Crippen LogP contribution in [0.25, 0.3) is 0 Å². The number of benzene rings is 3. The van der Waals surface area contributed by atoms with E-state index < -0.39 is 34.9 Å². The zero-order valence-electron chi connectivity index (χ0n) is 21.5. The Morgan fingerprint density at radius 2 is 0.905 bits per heavy atom. The molecule has 4 N–H and O–H groups in total. The quantitative estimate of drug-likeness (QED) is 0.349. The third-order valence-corrected chi connectivity index (χ3v) is 5.84. The van der Waals surface area contributed by atoms with Crippen molar-refractivity contribution < 1.29 is 29.4 Å². The number of rotatable bonds is 6. The van der Waals surface area contributed by atoms with E-state index in [4.69, 9.17) is 38.5 Å². The van der Waals surface area contributed by atoms with Gasteiger partial charge in [-0.2, -0.15) is 0 Å². The molecule has 0 spiro atoms. The van der Waals surface area contributed by atoms with Crippen LogP contribution in [-0.4, -0.2) is 34.0 Å². The molecule has 0 radical (unpaired) electrons. The molecule has 8 nitrogen and oxygen atoms in total. The highest BCUT2D eigenvalue weighted by Crippen LogP contribution is 2.26. The van der Waals surface area contributed by atoms with Crippen molar-refractivity contribution in [1.82, 2.24) is 0 Å². The molecule has 0 bridgehead atoms. The summed E-state index contributed by atoms with van der Waals surface area (Å²) in [6.45, 7) is 0. The average molecular weight is 549 g/mol. The summed E-state index contributed by atoms with van der Waals surface area (Å²) in [6.07, 6.45) is 32.9. The van der Waals surface area contributed by atoms with Crippen molar-refractivity contribution in [2.45, 2.75) is 0 Å². The van der Waals surface area contributed by atoms with Gasteiger partial charge in [0, 0.05) is 22.5 Å². The largest absolute Gasteiger partial charge is 0.478 e. The van der Waals surface area contributed by atoms with Crippen LogP contribution in [-0.2, 0) is 0 Å². The van der Waals surface area contributed by atoms with Crippen LogP contribution < -0.4 is 10.6 Å². The van der Waals surface area contributed by atoms with Crippen molar-refractivity contribution in [3.8, 4) is 74.1 Å². The maximum atomic E-state index is 13.2. The molecule has 2 amide bonds. The van der Waals surface area contributed by atoms with Crippen LogP contribution in [0.4, 0.5) is 11.4 Å². The SMILES string of the molecule is C#Cc1cc(C(=O)Nc2cccc(NC(=O)c3cc(C#C)c(C#C)c(C#C)c3C(=O)O)c2)c(C(=O)O)c(C#C)c1C#C. The lowest BCUT2D eigenvalue weighted by molar-refractivity contribution is 0.0683. The number of carbonyl (C=O) groups is 4. The first kappa shape index (κ1) is 29.5. The van der Waals surface area contributed by atoms with E-state index in [-0.39, 0.29) is 55.9 Å². The molecule has 3 rings (SSSR count). The Morgan fingerprint density at radius 3 is 1.19 bits per heavy atom. The molecule has 198 valence electrons. The Labute approximate surface area is 241 Å². The summed E-state index contributed by atoms with van der Waals surface area (Å²) >= 11 is 0. The van der Waals surface area contributed by atoms with Crippen LogP contribution >= 0.6 is 0 Å². The van der Waals surface area contributed by atoms with Gasteiger partial charge in [0.25, 0.3) is 11.8 Å². The first-order valence-electron chi connectivity index (χ1n) is 11.5. The van der Waals surface area contributed by atoms with Crippen LogP contribution in [0, 0.1) is 74.1 Å². The maximum Gasteiger partial charge on any atom is 0.337 e. The Kier molecular flexibility index (Phi) is 8.54. The summed E-state index contributed by atoms with van der Waals surface area (Å²) in [6, 6.07) is 7.97. The molecule has 42 heavy (non-hydrogen) atoms. The number of anilines is 2. The highest BCUT2D eigenvalue weighted by Gasteiger charge is 2.26. The molecule has 0 aliphatic rings. The summed E-state index contributed by atoms with van der Waals surface area (Å²) in [5, 5.41) is 24.6. The van der Waals surface area contributed by atoms with Gasteiger partial charge >= 0.3 is 11.9 Å². The van der Waals surface area contributed by atoms with E-state index in [1.807, 2.05) is 0 Å². The standard InChI is InChI=1S/C34H16N2O6/c1-7-19-16-27(29(33(39)40)25(11-5)23(19)9-3)31(37)35-21-14-13-15-22(18-21)36-32(38)28-17-20(8-2)24(10-4)26(12-6)30(28)34(41)42/h1-6,13-18H,(H,35,37)(H,36,38)(H,39,40)(H,41,42). The number of nitrogens with one attached hydrogen (secondary N) is 2. The van der Waals surface area contributed by atoms with Gasteiger partial charge in [-0.25, -0.2) is 9.59 Å². The van der Waals surface area contributed by atoms with Gasteiger partial charge < -0.3 is 20.8 Å². The van der Waals surface area contributed by atoms with Gasteiger partial charge in [0.15, 0.2) is 0 Å². The lowest BCUT2D eigenvalue weighted by Crippen LogP contribution is -2.20. The number of carbonyl (C=O) groups excluding carboxylic acids is 2. The number of hydrogen-bond acceptors (Lipinski definition) is 4. The van der Waals surface area contributed by atoms with Gasteiger partial charge in [0.1, 0.15) is 0 Å². The van der Waals surface area contributed by atoms with E-state index in [0.29, 0.717) is 0 Å². The lowest BCUT2D eigenvalue weighted by atomic mass is 9.91. The first-order valence-corrected chi connectivity index (χ1v) is 11.5. The summed E-state index contributed by atoms with van der Waals surface area (Å²) in [7, 11) is 0. The molecule has 0 aromatic heterocycles. The molecule has 0 saturated heterocycles. The molecule has 0 aliphatic carbocycles. The van der Waals surface area contributed by atoms with Crippen molar-refractivity contribution in [3.63, 3.8) is 0 Å². The highest BCUT2D eigenvalue weighted by molar-refractivity contribution is 6.14. The summed E-state index contributed by atoms with van der Waals surface area (Å²) in [4.78, 5) is 50.4. The molecular weight excluding hydrogens is 532 g/mol. The second-order valence-electron chi connectivity index (χ2n) is 8.16. The maximum absolute atomic E-state index is 13.2. The van der Waals surface area contributed by atoms with Crippen LogP contribution in [0.5, 0.6) is 0 Å². The van der Waals surface area contributed by atoms with Crippen molar-refractivity contribution in [2.24, 2.45) is 0 Å². The minimum Gasteiger partial charge on any atom is -0.478 e. The molecule has 0 aliphatic heterocycles. The van der Waals surface area contributed by atoms with Crippen molar-refractivity contribution in [3.05, 3.63) is 92.0 Å². The van der Waals surface area contributed by atoms with E-state index in [1.54, 1.807) is 0 Å². The molecule has 3 aromatic carbocycles. The Balaban J connectivity index is 2.03. The summed E-state index contributed by atoms with van der Waals surface area (Å²) in [5.41, 5.74) is -1.89. The van der Waals surface area contributed by atoms with Crippen LogP contribution in [0.15, 0.2) is 36.4 Å². The normalized spacial score (nSPS) is 9.38. The van der Waals surface area contributed by atoms with E-state index in [0.717, 1.165) is 12.1 Å². The monoisotopic (exact) mass is 548 g/mol. The van der Waals surface area contributed by atoms with Gasteiger partial charge in [-0.15, -0.1) is 38.5 Å². The number of hydrogen-bond donors (Lipinski definition) is 4. The molecule has 0 unspecified atom stereocenters. The van der Waals surface area contributed by atoms with Crippen molar-refractivity contribution >= 4 is 35.1 Å². The topological polar surface area (TPSA) is 133 Å². The summed E-state index contributed by atoms with van der Waals surface area (Å²) in [5.74, 6) is 8.70. The van der Waals surface area contributed by atoms with Gasteiger partial charge in [-0.05, 0) is 30.3 Å². The van der Waals surface area contributed by atoms with Gasteiger partial charge in [-0.1, -0.05) is 41.6 Å². The van der Waals surface area contributed by atoms with Crippen molar-refractivity contribution in [2.75, 3.05) is 10.6 Å². The third-order valence-electron chi connectivity index (χ3n) is 5.84. The predicted octanol–water partition coefficient (Wildman–Crippen LogP) is 3.48. The number of carboxylic acid groups (broad SMARTS) is 2. The Morgan fingerprint density at radius 1 is 0.548 bits per heavy atom. The number of carboxylic acids is 2. The fraction of sp³-hybridized carbons (Fsp3) is 0. The molecular formula is C34H16N2O6. The smallest absolute Gasteiger partial charge is 0.337 e. The molecule has 3 aromatic rings. The van der Waals surface area contributed by atoms with Gasteiger partial charge in [0.05, 0.1) is 44.5 Å². The second kappa shape index (κ2) is 12.2. The number of terminal acetylenes is 6. The zero-order valence-corrected chi connectivity index (χ0v) is 21.5. The lowest BCUT2D eigenvalue weighted by Gasteiger charge is -2.14. The number of aromatic carboxylic acids is 2. The first-order chi connectivity index (χ1) is 20.1. The van der Waals surface area contributed by atoms with E-state index in [2.05, 4.69) is 46.2 Å². The molecule has 0 fully saturated rings. The summed E-state index contributed by atoms with van der Waals surface area (Å²) < 4.78 is 0. The highest BCUT2D eigenvalue weighted by atomic mass is 16.4. The zero-order chi connectivity index (χ0) is 31.1. The fourth-order valence-electron chi connectivity index (χ4n) is 4.06. The van der Waals surface area contributed by atoms with E-state index in [1.165, 1.54) is 24.3 Å². The van der Waals surface area contributed by atoms with Crippen molar-refractivity contribution in [1.29, 1.82) is 0 Å².